The molecule has 162 valence electrons. The van der Waals surface area contributed by atoms with E-state index in [4.69, 9.17) is 9.97 Å². The summed E-state index contributed by atoms with van der Waals surface area (Å²) in [6.07, 6.45) is 3.74. The molecule has 1 aromatic carbocycles. The van der Waals surface area contributed by atoms with Crippen molar-refractivity contribution in [1.82, 2.24) is 35.0 Å². The van der Waals surface area contributed by atoms with Gasteiger partial charge in [-0.05, 0) is 66.3 Å². The highest BCUT2D eigenvalue weighted by Gasteiger charge is 2.17. The molecular weight excluding hydrogens is 430 g/mol. The van der Waals surface area contributed by atoms with E-state index in [1.807, 2.05) is 50.8 Å². The van der Waals surface area contributed by atoms with Crippen molar-refractivity contribution < 1.29 is 0 Å². The van der Waals surface area contributed by atoms with Crippen LogP contribution in [0.5, 0.6) is 0 Å². The fourth-order valence-corrected chi connectivity index (χ4v) is 4.75. The van der Waals surface area contributed by atoms with Gasteiger partial charge < -0.3 is 9.88 Å². The number of rotatable bonds is 5. The Labute approximate surface area is 194 Å². The van der Waals surface area contributed by atoms with Crippen LogP contribution in [0.1, 0.15) is 5.56 Å². The smallest absolute Gasteiger partial charge is 0.161 e. The zero-order valence-corrected chi connectivity index (χ0v) is 19.0. The van der Waals surface area contributed by atoms with Crippen molar-refractivity contribution in [2.75, 3.05) is 14.1 Å². The highest BCUT2D eigenvalue weighted by molar-refractivity contribution is 7.08. The van der Waals surface area contributed by atoms with E-state index in [0.717, 1.165) is 51.0 Å². The summed E-state index contributed by atoms with van der Waals surface area (Å²) >= 11 is 1.68. The normalized spacial score (nSPS) is 11.7. The Morgan fingerprint density at radius 3 is 2.73 bits per heavy atom. The van der Waals surface area contributed by atoms with Crippen molar-refractivity contribution in [3.8, 4) is 33.9 Å². The lowest BCUT2D eigenvalue weighted by molar-refractivity contribution is 0.402. The largest absolute Gasteiger partial charge is 0.336 e. The number of thiophene rings is 1. The van der Waals surface area contributed by atoms with Crippen molar-refractivity contribution in [2.24, 2.45) is 0 Å². The molecule has 8 heteroatoms. The fraction of sp³-hybridized carbons (Fsp3) is 0.120. The van der Waals surface area contributed by atoms with Crippen LogP contribution in [-0.2, 0) is 6.54 Å². The van der Waals surface area contributed by atoms with E-state index in [0.29, 0.717) is 11.5 Å². The van der Waals surface area contributed by atoms with Crippen LogP contribution in [0.4, 0.5) is 0 Å². The first kappa shape index (κ1) is 19.8. The molecule has 0 bridgehead atoms. The molecule has 33 heavy (non-hydrogen) atoms. The van der Waals surface area contributed by atoms with Crippen LogP contribution >= 0.6 is 11.3 Å². The van der Waals surface area contributed by atoms with Crippen LogP contribution in [0.15, 0.2) is 65.6 Å². The Hall–Kier alpha value is -3.88. The molecule has 0 radical (unpaired) electrons. The van der Waals surface area contributed by atoms with Gasteiger partial charge in [-0.1, -0.05) is 12.1 Å². The standard InChI is InChI=1S/C25H21N7S/c1-32(2)13-15-10-17(12-26-11-15)19-6-7-21-23(27-19)24(31-30-21)25-28-20-5-3-4-18(22(20)29-25)16-8-9-33-14-16/h3-12,14H,13H2,1-2H3,(H,28,29)(H,30,31). The molecule has 0 spiro atoms. The first-order valence-corrected chi connectivity index (χ1v) is 11.6. The monoisotopic (exact) mass is 451 g/mol. The van der Waals surface area contributed by atoms with E-state index in [1.165, 1.54) is 5.56 Å². The lowest BCUT2D eigenvalue weighted by Gasteiger charge is -2.10. The Bertz CT molecular complexity index is 1580. The number of para-hydroxylation sites is 1. The molecule has 6 aromatic rings. The van der Waals surface area contributed by atoms with Gasteiger partial charge in [-0.15, -0.1) is 0 Å². The van der Waals surface area contributed by atoms with Crippen LogP contribution in [0.25, 0.3) is 56.0 Å². The van der Waals surface area contributed by atoms with E-state index in [9.17, 15) is 0 Å². The number of fused-ring (bicyclic) bond motifs is 2. The number of benzene rings is 1. The molecule has 5 heterocycles. The number of nitrogens with zero attached hydrogens (tertiary/aromatic N) is 5. The number of aromatic nitrogens is 6. The van der Waals surface area contributed by atoms with Gasteiger partial charge in [0.2, 0.25) is 0 Å². The third kappa shape index (κ3) is 3.59. The highest BCUT2D eigenvalue weighted by atomic mass is 32.1. The highest BCUT2D eigenvalue weighted by Crippen LogP contribution is 2.32. The van der Waals surface area contributed by atoms with Gasteiger partial charge in [0.25, 0.3) is 0 Å². The number of aromatic amines is 2. The number of hydrogen-bond acceptors (Lipinski definition) is 6. The second kappa shape index (κ2) is 7.91. The second-order valence-corrected chi connectivity index (χ2v) is 9.06. The SMILES string of the molecule is CN(C)Cc1cncc(-c2ccc3[nH]nc(-c4nc5c(-c6ccsc6)cccc5[nH]4)c3n2)c1. The fourth-order valence-electron chi connectivity index (χ4n) is 4.10. The lowest BCUT2D eigenvalue weighted by atomic mass is 10.1. The Balaban J connectivity index is 1.45. The molecule has 6 rings (SSSR count). The molecule has 0 saturated heterocycles. The first-order valence-electron chi connectivity index (χ1n) is 10.6. The Morgan fingerprint density at radius 1 is 0.939 bits per heavy atom. The molecule has 0 aliphatic rings. The van der Waals surface area contributed by atoms with E-state index in [1.54, 1.807) is 11.3 Å². The minimum atomic E-state index is 0.697. The van der Waals surface area contributed by atoms with Crippen molar-refractivity contribution >= 4 is 33.4 Å². The first-order chi connectivity index (χ1) is 16.2. The van der Waals surface area contributed by atoms with Gasteiger partial charge in [0, 0.05) is 30.1 Å². The Morgan fingerprint density at radius 2 is 1.88 bits per heavy atom. The van der Waals surface area contributed by atoms with Gasteiger partial charge in [0.15, 0.2) is 11.5 Å². The maximum Gasteiger partial charge on any atom is 0.161 e. The van der Waals surface area contributed by atoms with Crippen LogP contribution in [0.3, 0.4) is 0 Å². The maximum atomic E-state index is 4.94. The minimum Gasteiger partial charge on any atom is -0.336 e. The quantitative estimate of drug-likeness (QED) is 0.369. The summed E-state index contributed by atoms with van der Waals surface area (Å²) in [6.45, 7) is 0.825. The van der Waals surface area contributed by atoms with Gasteiger partial charge in [-0.25, -0.2) is 9.97 Å². The molecule has 0 aliphatic heterocycles. The van der Waals surface area contributed by atoms with E-state index in [-0.39, 0.29) is 0 Å². The number of pyridine rings is 2. The minimum absolute atomic E-state index is 0.697. The zero-order valence-electron chi connectivity index (χ0n) is 18.2. The molecule has 0 unspecified atom stereocenters. The summed E-state index contributed by atoms with van der Waals surface area (Å²) in [5.41, 5.74) is 9.50. The lowest BCUT2D eigenvalue weighted by Crippen LogP contribution is -2.10. The van der Waals surface area contributed by atoms with Gasteiger partial charge >= 0.3 is 0 Å². The topological polar surface area (TPSA) is 86.4 Å². The number of H-pyrrole nitrogens is 2. The molecule has 7 nitrogen and oxygen atoms in total. The molecule has 2 N–H and O–H groups in total. The van der Waals surface area contributed by atoms with Crippen LogP contribution < -0.4 is 0 Å². The summed E-state index contributed by atoms with van der Waals surface area (Å²) in [6, 6.07) is 14.4. The van der Waals surface area contributed by atoms with Crippen molar-refractivity contribution in [3.63, 3.8) is 0 Å². The van der Waals surface area contributed by atoms with Gasteiger partial charge in [0.1, 0.15) is 5.52 Å². The molecule has 5 aromatic heterocycles. The van der Waals surface area contributed by atoms with Crippen molar-refractivity contribution in [2.45, 2.75) is 6.54 Å². The second-order valence-electron chi connectivity index (χ2n) is 8.28. The zero-order chi connectivity index (χ0) is 22.4. The third-order valence-corrected chi connectivity index (χ3v) is 6.25. The molecule has 0 amide bonds. The van der Waals surface area contributed by atoms with Gasteiger partial charge in [-0.3, -0.25) is 10.1 Å². The number of imidazole rings is 1. The molecular formula is C25H21N7S. The number of hydrogen-bond donors (Lipinski definition) is 2. The van der Waals surface area contributed by atoms with Crippen molar-refractivity contribution in [3.05, 3.63) is 71.2 Å². The predicted molar refractivity (Wildman–Crippen MR) is 133 cm³/mol. The summed E-state index contributed by atoms with van der Waals surface area (Å²) in [4.78, 5) is 19.8. The average molecular weight is 452 g/mol. The van der Waals surface area contributed by atoms with Gasteiger partial charge in [0.05, 0.1) is 22.2 Å². The Kier molecular flexibility index (Phi) is 4.74. The van der Waals surface area contributed by atoms with Crippen LogP contribution in [-0.4, -0.2) is 49.1 Å². The summed E-state index contributed by atoms with van der Waals surface area (Å²) in [7, 11) is 4.09. The molecule has 0 atom stereocenters. The third-order valence-electron chi connectivity index (χ3n) is 5.57. The molecule has 0 aliphatic carbocycles. The van der Waals surface area contributed by atoms with Crippen molar-refractivity contribution in [1.29, 1.82) is 0 Å². The summed E-state index contributed by atoms with van der Waals surface area (Å²) < 4.78 is 0. The van der Waals surface area contributed by atoms with E-state index < -0.39 is 0 Å². The average Bonchev–Trinajstić information content (AvgIpc) is 3.57. The number of nitrogens with one attached hydrogen (secondary N) is 2. The van der Waals surface area contributed by atoms with Gasteiger partial charge in [-0.2, -0.15) is 16.4 Å². The van der Waals surface area contributed by atoms with E-state index >= 15 is 0 Å². The summed E-state index contributed by atoms with van der Waals surface area (Å²) in [5, 5.41) is 11.9. The predicted octanol–water partition coefficient (Wildman–Crippen LogP) is 5.35. The van der Waals surface area contributed by atoms with Crippen LogP contribution in [0.2, 0.25) is 0 Å². The van der Waals surface area contributed by atoms with Crippen LogP contribution in [0, 0.1) is 0 Å². The summed E-state index contributed by atoms with van der Waals surface area (Å²) in [5.74, 6) is 0.697. The van der Waals surface area contributed by atoms with E-state index in [2.05, 4.69) is 54.0 Å². The molecule has 0 fully saturated rings. The molecule has 0 saturated carbocycles. The maximum absolute atomic E-state index is 4.94.